The summed E-state index contributed by atoms with van der Waals surface area (Å²) < 4.78 is 5.86. The molecule has 41 heavy (non-hydrogen) atoms. The summed E-state index contributed by atoms with van der Waals surface area (Å²) in [4.78, 5) is 50.2. The molecule has 2 atom stereocenters. The third kappa shape index (κ3) is 5.23. The molecule has 1 fully saturated rings. The van der Waals surface area contributed by atoms with Crippen LogP contribution in [0.4, 0.5) is 21.9 Å². The first kappa shape index (κ1) is 26.5. The molecule has 4 aromatic rings. The van der Waals surface area contributed by atoms with Gasteiger partial charge in [0.2, 0.25) is 11.8 Å². The average molecular weight is 569 g/mol. The van der Waals surface area contributed by atoms with E-state index in [1.807, 2.05) is 37.3 Å². The molecule has 4 amide bonds. The van der Waals surface area contributed by atoms with E-state index in [1.165, 1.54) is 17.4 Å². The van der Waals surface area contributed by atoms with Crippen molar-refractivity contribution < 1.29 is 19.1 Å². The van der Waals surface area contributed by atoms with E-state index in [0.29, 0.717) is 50.2 Å². The lowest BCUT2D eigenvalue weighted by Crippen LogP contribution is -2.45. The Kier molecular flexibility index (Phi) is 7.10. The minimum atomic E-state index is -0.399. The zero-order valence-corrected chi connectivity index (χ0v) is 23.2. The van der Waals surface area contributed by atoms with Crippen LogP contribution in [0.1, 0.15) is 40.9 Å². The second kappa shape index (κ2) is 11.0. The quantitative estimate of drug-likeness (QED) is 0.241. The van der Waals surface area contributed by atoms with Crippen LogP contribution in [-0.4, -0.2) is 39.9 Å². The molecule has 1 aromatic carbocycles. The van der Waals surface area contributed by atoms with Crippen LogP contribution in [0.15, 0.2) is 67.5 Å². The number of thiophene rings is 1. The molecule has 1 aliphatic heterocycles. The zero-order chi connectivity index (χ0) is 28.5. The molecule has 3 N–H and O–H groups in total. The van der Waals surface area contributed by atoms with Crippen molar-refractivity contribution in [3.8, 4) is 11.6 Å². The van der Waals surface area contributed by atoms with E-state index in [1.54, 1.807) is 29.4 Å². The highest BCUT2D eigenvalue weighted by Crippen LogP contribution is 2.46. The van der Waals surface area contributed by atoms with Gasteiger partial charge in [-0.1, -0.05) is 24.8 Å². The molecule has 10 nitrogen and oxygen atoms in total. The Morgan fingerprint density at radius 2 is 1.90 bits per heavy atom. The van der Waals surface area contributed by atoms with Crippen molar-refractivity contribution in [1.29, 1.82) is 0 Å². The van der Waals surface area contributed by atoms with Gasteiger partial charge in [0, 0.05) is 24.3 Å². The summed E-state index contributed by atoms with van der Waals surface area (Å²) >= 11 is 1.24. The molecule has 0 saturated heterocycles. The molecule has 11 heteroatoms. The molecule has 1 saturated carbocycles. The van der Waals surface area contributed by atoms with Gasteiger partial charge in [0.05, 0.1) is 28.6 Å². The maximum absolute atomic E-state index is 13.5. The number of carbonyl (C=O) groups is 3. The predicted molar refractivity (Wildman–Crippen MR) is 158 cm³/mol. The van der Waals surface area contributed by atoms with Crippen molar-refractivity contribution in [3.63, 3.8) is 0 Å². The first-order valence-corrected chi connectivity index (χ1v) is 14.2. The minimum Gasteiger partial charge on any atom is -0.439 e. The lowest BCUT2D eigenvalue weighted by Gasteiger charge is -2.30. The summed E-state index contributed by atoms with van der Waals surface area (Å²) in [5.74, 6) is 0.589. The number of urea groups is 1. The van der Waals surface area contributed by atoms with Crippen molar-refractivity contribution >= 4 is 56.5 Å². The number of aryl methyl sites for hydroxylation is 1. The van der Waals surface area contributed by atoms with Crippen LogP contribution in [0, 0.1) is 6.92 Å². The standard InChI is InChI=1S/C30H28N6O4S/c1-3-23(37)33-18-8-7-9-19(15-18)34-28(38)27-26-25-21(12-13-31-29(25)41-27)36(30(39)35-26)22-16-32-24(14-17(22)2)40-20-10-5-4-6-11-20/h3-6,10-14,16,18-19H,1,7-9,15H2,2H3,(H,33,37)(H,34,38)(H,35,39)/t18-,19?/m0/s1. The largest absolute Gasteiger partial charge is 0.439 e. The number of hydrogen-bond donors (Lipinski definition) is 3. The van der Waals surface area contributed by atoms with E-state index in [9.17, 15) is 14.4 Å². The fourth-order valence-corrected chi connectivity index (χ4v) is 6.39. The predicted octanol–water partition coefficient (Wildman–Crippen LogP) is 5.82. The van der Waals surface area contributed by atoms with Crippen molar-refractivity contribution in [1.82, 2.24) is 20.6 Å². The van der Waals surface area contributed by atoms with Crippen molar-refractivity contribution in [2.45, 2.75) is 44.7 Å². The van der Waals surface area contributed by atoms with Gasteiger partial charge in [-0.2, -0.15) is 0 Å². The van der Waals surface area contributed by atoms with Crippen LogP contribution in [0.2, 0.25) is 0 Å². The van der Waals surface area contributed by atoms with Crippen LogP contribution in [0.25, 0.3) is 10.2 Å². The van der Waals surface area contributed by atoms with E-state index in [0.717, 1.165) is 24.8 Å². The van der Waals surface area contributed by atoms with Gasteiger partial charge in [0.1, 0.15) is 15.5 Å². The Bertz CT molecular complexity index is 1670. The maximum Gasteiger partial charge on any atom is 0.331 e. The second-order valence-corrected chi connectivity index (χ2v) is 11.1. The van der Waals surface area contributed by atoms with Gasteiger partial charge in [0.25, 0.3) is 5.91 Å². The fourth-order valence-electron chi connectivity index (χ4n) is 5.37. The Morgan fingerprint density at radius 1 is 1.12 bits per heavy atom. The Morgan fingerprint density at radius 3 is 2.66 bits per heavy atom. The number of anilines is 3. The molecule has 0 bridgehead atoms. The number of nitrogens with zero attached hydrogens (tertiary/aromatic N) is 3. The molecule has 2 aliphatic rings. The third-order valence-corrected chi connectivity index (χ3v) is 8.35. The molecule has 1 aliphatic carbocycles. The molecule has 1 unspecified atom stereocenters. The number of nitrogens with one attached hydrogen (secondary N) is 3. The molecule has 0 spiro atoms. The van der Waals surface area contributed by atoms with E-state index < -0.39 is 6.03 Å². The number of ether oxygens (including phenoxy) is 1. The summed E-state index contributed by atoms with van der Waals surface area (Å²) in [6, 6.07) is 12.4. The van der Waals surface area contributed by atoms with Crippen LogP contribution in [0.3, 0.4) is 0 Å². The summed E-state index contributed by atoms with van der Waals surface area (Å²) in [6.07, 6.45) is 7.67. The molecule has 6 rings (SSSR count). The topological polar surface area (TPSA) is 126 Å². The van der Waals surface area contributed by atoms with Gasteiger partial charge in [-0.3, -0.25) is 14.5 Å². The maximum atomic E-state index is 13.5. The molecular formula is C30H28N6O4S. The van der Waals surface area contributed by atoms with Gasteiger partial charge in [-0.05, 0) is 62.4 Å². The number of amides is 4. The second-order valence-electron chi connectivity index (χ2n) is 10.1. The summed E-state index contributed by atoms with van der Waals surface area (Å²) in [6.45, 7) is 5.39. The van der Waals surface area contributed by atoms with Gasteiger partial charge in [0.15, 0.2) is 0 Å². The van der Waals surface area contributed by atoms with Gasteiger partial charge in [-0.15, -0.1) is 11.3 Å². The van der Waals surface area contributed by atoms with Crippen LogP contribution in [-0.2, 0) is 4.79 Å². The Balaban J connectivity index is 1.27. The smallest absolute Gasteiger partial charge is 0.331 e. The molecule has 4 heterocycles. The first-order chi connectivity index (χ1) is 19.9. The first-order valence-electron chi connectivity index (χ1n) is 13.4. The van der Waals surface area contributed by atoms with E-state index in [4.69, 9.17) is 4.74 Å². The number of benzene rings is 1. The number of rotatable bonds is 7. The summed E-state index contributed by atoms with van der Waals surface area (Å²) in [7, 11) is 0. The van der Waals surface area contributed by atoms with Crippen molar-refractivity contribution in [2.24, 2.45) is 0 Å². The number of carbonyl (C=O) groups excluding carboxylic acids is 3. The molecule has 0 radical (unpaired) electrons. The Hall–Kier alpha value is -4.77. The van der Waals surface area contributed by atoms with Gasteiger partial charge in [-0.25, -0.2) is 14.8 Å². The summed E-state index contributed by atoms with van der Waals surface area (Å²) in [5.41, 5.74) is 2.45. The zero-order valence-electron chi connectivity index (χ0n) is 22.3. The Labute approximate surface area is 240 Å². The number of aromatic nitrogens is 2. The molecular weight excluding hydrogens is 540 g/mol. The summed E-state index contributed by atoms with van der Waals surface area (Å²) in [5, 5.41) is 9.67. The number of pyridine rings is 2. The van der Waals surface area contributed by atoms with E-state index in [-0.39, 0.29) is 23.9 Å². The lowest BCUT2D eigenvalue weighted by atomic mass is 9.91. The highest BCUT2D eigenvalue weighted by atomic mass is 32.1. The molecule has 208 valence electrons. The lowest BCUT2D eigenvalue weighted by molar-refractivity contribution is -0.117. The monoisotopic (exact) mass is 568 g/mol. The minimum absolute atomic E-state index is 0.0248. The SMILES string of the molecule is C=CC(=O)N[C@H]1CCCC(NC(=O)c2sc3nccc4c3c2NC(=O)N4c2cnc(Oc3ccccc3)cc2C)C1. The van der Waals surface area contributed by atoms with Crippen molar-refractivity contribution in [2.75, 3.05) is 10.2 Å². The normalized spacial score (nSPS) is 18.0. The van der Waals surface area contributed by atoms with Gasteiger partial charge >= 0.3 is 6.03 Å². The van der Waals surface area contributed by atoms with Crippen LogP contribution in [0.5, 0.6) is 11.6 Å². The number of hydrogen-bond acceptors (Lipinski definition) is 7. The molecule has 3 aromatic heterocycles. The average Bonchev–Trinajstić information content (AvgIpc) is 3.34. The fraction of sp³-hybridized carbons (Fsp3) is 0.233. The third-order valence-electron chi connectivity index (χ3n) is 7.26. The van der Waals surface area contributed by atoms with Gasteiger partial charge < -0.3 is 20.7 Å². The van der Waals surface area contributed by atoms with Crippen LogP contribution < -0.4 is 25.6 Å². The van der Waals surface area contributed by atoms with E-state index >= 15 is 0 Å². The van der Waals surface area contributed by atoms with E-state index in [2.05, 4.69) is 32.5 Å². The highest BCUT2D eigenvalue weighted by molar-refractivity contribution is 7.21. The number of para-hydroxylation sites is 1. The van der Waals surface area contributed by atoms with Crippen molar-refractivity contribution in [3.05, 3.63) is 78.0 Å². The highest BCUT2D eigenvalue weighted by Gasteiger charge is 2.34. The van der Waals surface area contributed by atoms with Crippen LogP contribution >= 0.6 is 11.3 Å².